The molecule has 0 aliphatic heterocycles. The molecule has 2 rings (SSSR count). The van der Waals surface area contributed by atoms with Gasteiger partial charge >= 0.3 is 0 Å². The van der Waals surface area contributed by atoms with Crippen LogP contribution in [0.1, 0.15) is 60.7 Å². The zero-order valence-corrected chi connectivity index (χ0v) is 17.8. The normalized spacial score (nSPS) is 14.1. The molecule has 0 aromatic heterocycles. The van der Waals surface area contributed by atoms with Crippen LogP contribution in [-0.4, -0.2) is 36.2 Å². The first-order chi connectivity index (χ1) is 13.3. The second-order valence-electron chi connectivity index (χ2n) is 6.77. The number of Topliss-reactive ketones (excluding diaryl/α,β-unsaturated/α-hetero) is 1. The molecular weight excluding hydrogens is 376 g/mol. The van der Waals surface area contributed by atoms with Gasteiger partial charge in [-0.15, -0.1) is 0 Å². The lowest BCUT2D eigenvalue weighted by molar-refractivity contribution is -0.110. The van der Waals surface area contributed by atoms with E-state index in [1.54, 1.807) is 12.1 Å². The molecule has 0 amide bonds. The van der Waals surface area contributed by atoms with Crippen LogP contribution in [0.5, 0.6) is 11.5 Å². The molecule has 0 saturated carbocycles. The van der Waals surface area contributed by atoms with Crippen LogP contribution in [0.4, 0.5) is 0 Å². The summed E-state index contributed by atoms with van der Waals surface area (Å²) in [6.07, 6.45) is 4.93. The van der Waals surface area contributed by atoms with Crippen LogP contribution in [-0.2, 0) is 4.79 Å². The molecule has 150 valence electrons. The largest absolute Gasteiger partial charge is 0.496 e. The number of methoxy groups -OCH3 is 2. The van der Waals surface area contributed by atoms with Gasteiger partial charge in [0.05, 0.1) is 25.3 Å². The van der Waals surface area contributed by atoms with Crippen molar-refractivity contribution >= 4 is 28.4 Å². The summed E-state index contributed by atoms with van der Waals surface area (Å²) in [6.45, 7) is 5.86. The van der Waals surface area contributed by atoms with Gasteiger partial charge in [0, 0.05) is 17.2 Å². The molecule has 0 bridgehead atoms. The van der Waals surface area contributed by atoms with Crippen LogP contribution in [0, 0.1) is 0 Å². The second-order valence-corrected chi connectivity index (χ2v) is 8.03. The third kappa shape index (κ3) is 4.73. The molecule has 1 aliphatic carbocycles. The second kappa shape index (κ2) is 9.73. The lowest BCUT2D eigenvalue weighted by Crippen LogP contribution is -2.25. The highest BCUT2D eigenvalue weighted by Crippen LogP contribution is 2.39. The highest BCUT2D eigenvalue weighted by atomic mass is 32.2. The monoisotopic (exact) mass is 402 g/mol. The van der Waals surface area contributed by atoms with Crippen LogP contribution in [0.2, 0.25) is 0 Å². The minimum Gasteiger partial charge on any atom is -0.496 e. The Balaban J connectivity index is 2.43. The minimum absolute atomic E-state index is 0.0239. The van der Waals surface area contributed by atoms with Crippen molar-refractivity contribution in [1.29, 1.82) is 0 Å². The number of ketones is 2. The molecule has 0 radical (unpaired) electrons. The Bertz CT molecular complexity index is 847. The van der Waals surface area contributed by atoms with Gasteiger partial charge in [-0.2, -0.15) is 0 Å². The van der Waals surface area contributed by atoms with Gasteiger partial charge in [-0.3, -0.25) is 14.4 Å². The van der Waals surface area contributed by atoms with Gasteiger partial charge in [0.25, 0.3) is 0 Å². The third-order valence-corrected chi connectivity index (χ3v) is 5.64. The Morgan fingerprint density at radius 2 is 1.71 bits per heavy atom. The van der Waals surface area contributed by atoms with E-state index in [0.29, 0.717) is 29.9 Å². The molecule has 1 aromatic carbocycles. The van der Waals surface area contributed by atoms with E-state index in [0.717, 1.165) is 23.8 Å². The highest BCUT2D eigenvalue weighted by molar-refractivity contribution is 8.14. The zero-order valence-electron chi connectivity index (χ0n) is 17.0. The number of benzene rings is 1. The number of thioether (sulfide) groups is 1. The average molecular weight is 403 g/mol. The lowest BCUT2D eigenvalue weighted by Gasteiger charge is -2.24. The van der Waals surface area contributed by atoms with Crippen LogP contribution in [0.15, 0.2) is 35.4 Å². The van der Waals surface area contributed by atoms with E-state index >= 15 is 0 Å². The average Bonchev–Trinajstić information content (AvgIpc) is 2.67. The van der Waals surface area contributed by atoms with Gasteiger partial charge < -0.3 is 9.47 Å². The fourth-order valence-corrected chi connectivity index (χ4v) is 4.22. The number of allylic oxidation sites excluding steroid dienone is 3. The predicted octanol–water partition coefficient (Wildman–Crippen LogP) is 4.79. The maximum atomic E-state index is 13.3. The molecule has 0 saturated heterocycles. The van der Waals surface area contributed by atoms with Crippen molar-refractivity contribution in [3.8, 4) is 11.5 Å². The van der Waals surface area contributed by atoms with E-state index in [2.05, 4.69) is 0 Å². The Hall–Kier alpha value is -2.34. The molecule has 1 unspecified atom stereocenters. The number of fused-ring (bicyclic) bond motifs is 1. The van der Waals surface area contributed by atoms with Crippen LogP contribution >= 0.6 is 11.8 Å². The number of carbonyl (C=O) groups is 3. The first kappa shape index (κ1) is 22.0. The highest BCUT2D eigenvalue weighted by Gasteiger charge is 2.35. The molecule has 0 spiro atoms. The summed E-state index contributed by atoms with van der Waals surface area (Å²) in [6, 6.07) is 3.23. The van der Waals surface area contributed by atoms with Gasteiger partial charge in [0.1, 0.15) is 11.5 Å². The van der Waals surface area contributed by atoms with Crippen molar-refractivity contribution in [2.24, 2.45) is 0 Å². The molecule has 28 heavy (non-hydrogen) atoms. The zero-order chi connectivity index (χ0) is 20.8. The quantitative estimate of drug-likeness (QED) is 0.582. The number of carbonyl (C=O) groups excluding carboxylic acids is 3. The Morgan fingerprint density at radius 1 is 1.11 bits per heavy atom. The molecule has 1 aromatic rings. The Labute approximate surface area is 170 Å². The first-order valence-electron chi connectivity index (χ1n) is 9.22. The molecule has 0 N–H and O–H groups in total. The number of rotatable bonds is 8. The maximum Gasteiger partial charge on any atom is 0.194 e. The fourth-order valence-electron chi connectivity index (χ4n) is 3.07. The summed E-state index contributed by atoms with van der Waals surface area (Å²) in [5.41, 5.74) is 1.84. The Kier molecular flexibility index (Phi) is 7.63. The molecular formula is C22H26O5S. The lowest BCUT2D eigenvalue weighted by atomic mass is 9.86. The van der Waals surface area contributed by atoms with Crippen molar-refractivity contribution in [3.05, 3.63) is 46.6 Å². The van der Waals surface area contributed by atoms with Gasteiger partial charge in [0.2, 0.25) is 0 Å². The van der Waals surface area contributed by atoms with E-state index in [-0.39, 0.29) is 33.1 Å². The summed E-state index contributed by atoms with van der Waals surface area (Å²) in [5.74, 6) is 0.0739. The van der Waals surface area contributed by atoms with Crippen molar-refractivity contribution < 1.29 is 23.9 Å². The first-order valence-corrected chi connectivity index (χ1v) is 10.1. The van der Waals surface area contributed by atoms with Gasteiger partial charge in [-0.05, 0) is 38.5 Å². The molecule has 0 heterocycles. The Morgan fingerprint density at radius 3 is 2.25 bits per heavy atom. The number of ether oxygens (including phenoxy) is 2. The third-order valence-electron chi connectivity index (χ3n) is 4.44. The van der Waals surface area contributed by atoms with Crippen LogP contribution in [0.25, 0.3) is 0 Å². The molecule has 5 nitrogen and oxygen atoms in total. The SMILES string of the molecule is CCCC(SC(=O)CC=C(C)C)C1=CC(=O)c2c(OC)ccc(OC)c2C1=O. The van der Waals surface area contributed by atoms with E-state index in [9.17, 15) is 14.4 Å². The van der Waals surface area contributed by atoms with Crippen LogP contribution < -0.4 is 9.47 Å². The van der Waals surface area contributed by atoms with Gasteiger partial charge in [0.15, 0.2) is 16.7 Å². The van der Waals surface area contributed by atoms with E-state index < -0.39 is 0 Å². The number of hydrogen-bond donors (Lipinski definition) is 0. The number of hydrogen-bond acceptors (Lipinski definition) is 6. The predicted molar refractivity (Wildman–Crippen MR) is 112 cm³/mol. The summed E-state index contributed by atoms with van der Waals surface area (Å²) >= 11 is 1.12. The maximum absolute atomic E-state index is 13.3. The molecule has 1 atom stereocenters. The minimum atomic E-state index is -0.372. The van der Waals surface area contributed by atoms with Crippen LogP contribution in [0.3, 0.4) is 0 Å². The van der Waals surface area contributed by atoms with Crippen molar-refractivity contribution in [2.75, 3.05) is 14.2 Å². The van der Waals surface area contributed by atoms with E-state index in [4.69, 9.17) is 9.47 Å². The summed E-state index contributed by atoms with van der Waals surface area (Å²) in [5, 5.41) is -0.396. The van der Waals surface area contributed by atoms with E-state index in [1.165, 1.54) is 20.3 Å². The standard InChI is InChI=1S/C22H26O5S/c1-6-7-18(28-19(24)11-8-13(2)3)14-12-15(23)20-16(26-4)9-10-17(27-5)21(20)22(14)25/h8-10,12,18H,6-7,11H2,1-5H3. The van der Waals surface area contributed by atoms with Crippen molar-refractivity contribution in [2.45, 2.75) is 45.3 Å². The molecule has 6 heteroatoms. The van der Waals surface area contributed by atoms with Gasteiger partial charge in [-0.25, -0.2) is 0 Å². The van der Waals surface area contributed by atoms with Crippen molar-refractivity contribution in [1.82, 2.24) is 0 Å². The van der Waals surface area contributed by atoms with Crippen molar-refractivity contribution in [3.63, 3.8) is 0 Å². The summed E-state index contributed by atoms with van der Waals surface area (Å²) in [7, 11) is 2.91. The summed E-state index contributed by atoms with van der Waals surface area (Å²) in [4.78, 5) is 38.5. The topological polar surface area (TPSA) is 69.7 Å². The molecule has 1 aliphatic rings. The summed E-state index contributed by atoms with van der Waals surface area (Å²) < 4.78 is 10.6. The molecule has 0 fully saturated rings. The van der Waals surface area contributed by atoms with Gasteiger partial charge in [-0.1, -0.05) is 36.8 Å². The fraction of sp³-hybridized carbons (Fsp3) is 0.409. The van der Waals surface area contributed by atoms with E-state index in [1.807, 2.05) is 26.8 Å². The smallest absolute Gasteiger partial charge is 0.194 e.